The molecule has 0 saturated heterocycles. The van der Waals surface area contributed by atoms with Crippen molar-refractivity contribution < 1.29 is 26.9 Å². The summed E-state index contributed by atoms with van der Waals surface area (Å²) in [5.74, 6) is -1.89. The van der Waals surface area contributed by atoms with Crippen LogP contribution in [0.5, 0.6) is 0 Å². The van der Waals surface area contributed by atoms with Crippen molar-refractivity contribution in [1.29, 1.82) is 0 Å². The van der Waals surface area contributed by atoms with E-state index in [9.17, 15) is 22.4 Å². The van der Waals surface area contributed by atoms with Gasteiger partial charge in [0.05, 0.1) is 5.56 Å². The molecule has 3 nitrogen and oxygen atoms in total. The number of fused-ring (bicyclic) bond motifs is 1. The van der Waals surface area contributed by atoms with Gasteiger partial charge in [0.1, 0.15) is 11.9 Å². The fourth-order valence-corrected chi connectivity index (χ4v) is 2.96. The summed E-state index contributed by atoms with van der Waals surface area (Å²) in [5, 5.41) is 0. The maximum absolute atomic E-state index is 13.9. The standard InChI is InChI=1S/C18H15F4N2O/c1-10(11-5-3-2-4-6-11)24-16-9-13(18(20,21)22)14(19)7-12(16)8-15(23)17(24)25/h2-7,9,15H,8,23H2,1H3/q+1/t15-/m1/s1. The largest absolute Gasteiger partial charge is 0.419 e. The van der Waals surface area contributed by atoms with Gasteiger partial charge in [-0.2, -0.15) is 13.2 Å². The van der Waals surface area contributed by atoms with E-state index in [0.29, 0.717) is 17.3 Å². The van der Waals surface area contributed by atoms with Gasteiger partial charge < -0.3 is 5.73 Å². The van der Waals surface area contributed by atoms with E-state index in [1.807, 2.05) is 0 Å². The van der Waals surface area contributed by atoms with E-state index in [0.717, 1.165) is 10.6 Å². The summed E-state index contributed by atoms with van der Waals surface area (Å²) < 4.78 is 54.2. The number of carbonyl (C=O) groups is 1. The summed E-state index contributed by atoms with van der Waals surface area (Å²) in [4.78, 5) is 12.6. The molecule has 0 radical (unpaired) electrons. The maximum atomic E-state index is 13.9. The Morgan fingerprint density at radius 1 is 1.20 bits per heavy atom. The van der Waals surface area contributed by atoms with Gasteiger partial charge in [0.25, 0.3) is 0 Å². The minimum absolute atomic E-state index is 0.0121. The van der Waals surface area contributed by atoms with Gasteiger partial charge in [0, 0.05) is 30.5 Å². The Balaban J connectivity index is 2.30. The Morgan fingerprint density at radius 3 is 2.44 bits per heavy atom. The zero-order valence-electron chi connectivity index (χ0n) is 13.3. The first-order valence-corrected chi connectivity index (χ1v) is 7.58. The molecule has 2 aromatic carbocycles. The van der Waals surface area contributed by atoms with Crippen LogP contribution in [0, 0.1) is 5.82 Å². The first kappa shape index (κ1) is 17.3. The van der Waals surface area contributed by atoms with E-state index in [1.54, 1.807) is 37.3 Å². The second-order valence-electron chi connectivity index (χ2n) is 5.89. The van der Waals surface area contributed by atoms with Crippen molar-refractivity contribution in [2.24, 2.45) is 5.73 Å². The predicted octanol–water partition coefficient (Wildman–Crippen LogP) is 3.41. The van der Waals surface area contributed by atoms with Crippen molar-refractivity contribution in [3.05, 3.63) is 65.0 Å². The van der Waals surface area contributed by atoms with E-state index in [2.05, 4.69) is 0 Å². The highest BCUT2D eigenvalue weighted by atomic mass is 19.4. The monoisotopic (exact) mass is 351 g/mol. The van der Waals surface area contributed by atoms with E-state index in [1.165, 1.54) is 0 Å². The second-order valence-corrected chi connectivity index (χ2v) is 5.89. The number of alkyl halides is 3. The van der Waals surface area contributed by atoms with Crippen LogP contribution in [0.25, 0.3) is 0 Å². The van der Waals surface area contributed by atoms with E-state index in [-0.39, 0.29) is 17.7 Å². The molecule has 25 heavy (non-hydrogen) atoms. The third-order valence-electron chi connectivity index (χ3n) is 4.22. The third-order valence-corrected chi connectivity index (χ3v) is 4.22. The van der Waals surface area contributed by atoms with Crippen LogP contribution in [0.2, 0.25) is 0 Å². The summed E-state index contributed by atoms with van der Waals surface area (Å²) in [7, 11) is 0. The van der Waals surface area contributed by atoms with E-state index >= 15 is 0 Å². The number of benzene rings is 2. The molecule has 130 valence electrons. The van der Waals surface area contributed by atoms with Gasteiger partial charge in [-0.1, -0.05) is 18.2 Å². The normalized spacial score (nSPS) is 19.6. The number of nitrogens with zero attached hydrogens (tertiary/aromatic N) is 1. The Kier molecular flexibility index (Phi) is 4.20. The van der Waals surface area contributed by atoms with Crippen LogP contribution in [0.15, 0.2) is 42.5 Å². The molecular formula is C18H15F4N2O+. The Morgan fingerprint density at radius 2 is 1.84 bits per heavy atom. The topological polar surface area (TPSA) is 46.1 Å². The van der Waals surface area contributed by atoms with Crippen LogP contribution < -0.4 is 5.73 Å². The van der Waals surface area contributed by atoms with Gasteiger partial charge in [0.2, 0.25) is 5.69 Å². The van der Waals surface area contributed by atoms with Crippen LogP contribution in [-0.2, 0) is 17.4 Å². The Labute approximate surface area is 141 Å². The fraction of sp³-hybridized carbons (Fsp3) is 0.222. The molecule has 0 bridgehead atoms. The van der Waals surface area contributed by atoms with Gasteiger partial charge in [-0.3, -0.25) is 0 Å². The number of hydrogen-bond acceptors (Lipinski definition) is 2. The number of nitrogens with two attached hydrogens (primary N) is 1. The average Bonchev–Trinajstić information content (AvgIpc) is 2.55. The summed E-state index contributed by atoms with van der Waals surface area (Å²) in [6.45, 7) is 1.62. The summed E-state index contributed by atoms with van der Waals surface area (Å²) in [6, 6.07) is 9.30. The number of amides is 1. The van der Waals surface area contributed by atoms with Crippen LogP contribution >= 0.6 is 0 Å². The molecule has 1 amide bonds. The van der Waals surface area contributed by atoms with E-state index in [4.69, 9.17) is 5.73 Å². The van der Waals surface area contributed by atoms with Gasteiger partial charge >= 0.3 is 12.1 Å². The van der Waals surface area contributed by atoms with Crippen molar-refractivity contribution in [1.82, 2.24) is 0 Å². The van der Waals surface area contributed by atoms with Gasteiger partial charge in [-0.25, -0.2) is 9.18 Å². The molecule has 7 heteroatoms. The number of hydrogen-bond donors (Lipinski definition) is 1. The molecule has 1 heterocycles. The zero-order valence-corrected chi connectivity index (χ0v) is 13.3. The smallest absolute Gasteiger partial charge is 0.316 e. The van der Waals surface area contributed by atoms with Crippen molar-refractivity contribution in [3.63, 3.8) is 0 Å². The molecular weight excluding hydrogens is 336 g/mol. The molecule has 0 saturated carbocycles. The molecule has 3 rings (SSSR count). The number of halogens is 4. The molecule has 2 aromatic rings. The number of rotatable bonds is 1. The highest BCUT2D eigenvalue weighted by Gasteiger charge is 2.42. The van der Waals surface area contributed by atoms with Crippen LogP contribution in [-0.4, -0.2) is 22.2 Å². The van der Waals surface area contributed by atoms with Crippen molar-refractivity contribution in [2.75, 3.05) is 0 Å². The first-order chi connectivity index (χ1) is 11.7. The third kappa shape index (κ3) is 3.07. The van der Waals surface area contributed by atoms with E-state index < -0.39 is 29.5 Å². The molecule has 0 fully saturated rings. The first-order valence-electron chi connectivity index (χ1n) is 7.58. The molecule has 1 aliphatic heterocycles. The number of carbonyl (C=O) groups excluding carboxylic acids is 1. The SMILES string of the molecule is CC(c1ccccc1)=[N+]1C(=O)[C@H](N)Cc2cc(F)c(C(F)(F)F)cc21. The predicted molar refractivity (Wildman–Crippen MR) is 84.2 cm³/mol. The summed E-state index contributed by atoms with van der Waals surface area (Å²) >= 11 is 0. The maximum Gasteiger partial charge on any atom is 0.419 e. The molecule has 0 aromatic heterocycles. The lowest BCUT2D eigenvalue weighted by Gasteiger charge is -2.20. The molecule has 0 aliphatic carbocycles. The minimum Gasteiger partial charge on any atom is -0.316 e. The van der Waals surface area contributed by atoms with Gasteiger partial charge in [0.15, 0.2) is 5.71 Å². The van der Waals surface area contributed by atoms with Crippen LogP contribution in [0.1, 0.15) is 23.6 Å². The summed E-state index contributed by atoms with van der Waals surface area (Å²) in [6.07, 6.45) is -4.87. The molecule has 0 spiro atoms. The lowest BCUT2D eigenvalue weighted by molar-refractivity contribution is -0.373. The molecule has 0 unspecified atom stereocenters. The minimum atomic E-state index is -4.85. The van der Waals surface area contributed by atoms with Gasteiger partial charge in [-0.15, -0.1) is 4.58 Å². The molecule has 1 atom stereocenters. The molecule has 2 N–H and O–H groups in total. The van der Waals surface area contributed by atoms with Crippen LogP contribution in [0.3, 0.4) is 0 Å². The zero-order chi connectivity index (χ0) is 18.4. The van der Waals surface area contributed by atoms with Gasteiger partial charge in [-0.05, 0) is 18.2 Å². The average molecular weight is 351 g/mol. The summed E-state index contributed by atoms with van der Waals surface area (Å²) in [5.41, 5.74) is 5.80. The Hall–Kier alpha value is -2.54. The molecule has 1 aliphatic rings. The van der Waals surface area contributed by atoms with Crippen molar-refractivity contribution >= 4 is 17.3 Å². The second kappa shape index (κ2) is 6.07. The fourth-order valence-electron chi connectivity index (χ4n) is 2.96. The lowest BCUT2D eigenvalue weighted by atomic mass is 9.95. The van der Waals surface area contributed by atoms with Crippen molar-refractivity contribution in [2.45, 2.75) is 25.6 Å². The lowest BCUT2D eigenvalue weighted by Crippen LogP contribution is -2.44. The highest BCUT2D eigenvalue weighted by Crippen LogP contribution is 2.37. The van der Waals surface area contributed by atoms with Crippen molar-refractivity contribution in [3.8, 4) is 0 Å². The highest BCUT2D eigenvalue weighted by molar-refractivity contribution is 6.00. The Bertz CT molecular complexity index is 873. The van der Waals surface area contributed by atoms with Crippen LogP contribution in [0.4, 0.5) is 23.2 Å². The quantitative estimate of drug-likeness (QED) is 0.632.